The van der Waals surface area contributed by atoms with E-state index in [-0.39, 0.29) is 11.9 Å². The highest BCUT2D eigenvalue weighted by Gasteiger charge is 2.42. The Bertz CT molecular complexity index is 671. The summed E-state index contributed by atoms with van der Waals surface area (Å²) in [5.74, 6) is 0.0680. The van der Waals surface area contributed by atoms with Crippen molar-refractivity contribution < 1.29 is 4.79 Å². The van der Waals surface area contributed by atoms with E-state index in [0.717, 1.165) is 25.9 Å². The van der Waals surface area contributed by atoms with Crippen LogP contribution in [0.1, 0.15) is 41.1 Å². The molecule has 23 heavy (non-hydrogen) atoms. The first-order chi connectivity index (χ1) is 11.0. The van der Waals surface area contributed by atoms with Gasteiger partial charge in [0.15, 0.2) is 0 Å². The van der Waals surface area contributed by atoms with Gasteiger partial charge in [-0.1, -0.05) is 0 Å². The number of amides is 1. The van der Waals surface area contributed by atoms with Gasteiger partial charge in [0, 0.05) is 22.1 Å². The monoisotopic (exact) mass is 332 g/mol. The van der Waals surface area contributed by atoms with E-state index >= 15 is 0 Å². The summed E-state index contributed by atoms with van der Waals surface area (Å²) in [7, 11) is 0. The number of aromatic nitrogens is 2. The van der Waals surface area contributed by atoms with Gasteiger partial charge in [-0.05, 0) is 64.4 Å². The lowest BCUT2D eigenvalue weighted by molar-refractivity contribution is -0.132. The lowest BCUT2D eigenvalue weighted by Gasteiger charge is -2.37. The Hall–Kier alpha value is -1.66. The number of hydrogen-bond donors (Lipinski definition) is 2. The van der Waals surface area contributed by atoms with Gasteiger partial charge in [-0.3, -0.25) is 9.48 Å². The zero-order valence-electron chi connectivity index (χ0n) is 13.9. The van der Waals surface area contributed by atoms with Crippen molar-refractivity contribution in [3.63, 3.8) is 0 Å². The van der Waals surface area contributed by atoms with Gasteiger partial charge in [-0.25, -0.2) is 0 Å². The third kappa shape index (κ3) is 3.05. The molecule has 0 radical (unpaired) electrons. The molecule has 0 spiro atoms. The van der Waals surface area contributed by atoms with Gasteiger partial charge >= 0.3 is 0 Å². The summed E-state index contributed by atoms with van der Waals surface area (Å²) >= 11 is 1.78. The van der Waals surface area contributed by atoms with Crippen LogP contribution in [0.15, 0.2) is 24.5 Å². The molecule has 1 aliphatic heterocycles. The molecular weight excluding hydrogens is 308 g/mol. The standard InChI is InChI=1S/C17H24N4OS/c1-12-11-15(14(3)23-12)13(2)20-16(22)17(5-8-18-9-6-17)21-10-4-7-19-21/h4,7,10-11,13,18H,5-6,8-9H2,1-3H3,(H,20,22). The van der Waals surface area contributed by atoms with Crippen molar-refractivity contribution in [1.29, 1.82) is 0 Å². The van der Waals surface area contributed by atoms with Crippen molar-refractivity contribution in [2.45, 2.75) is 45.2 Å². The quantitative estimate of drug-likeness (QED) is 0.904. The van der Waals surface area contributed by atoms with E-state index in [9.17, 15) is 4.79 Å². The molecule has 1 amide bonds. The van der Waals surface area contributed by atoms with Crippen LogP contribution in [-0.2, 0) is 10.3 Å². The molecule has 3 rings (SSSR count). The molecular formula is C17H24N4OS. The molecule has 0 bridgehead atoms. The number of nitrogens with one attached hydrogen (secondary N) is 2. The van der Waals surface area contributed by atoms with Crippen LogP contribution in [-0.4, -0.2) is 28.8 Å². The van der Waals surface area contributed by atoms with Gasteiger partial charge in [-0.2, -0.15) is 5.10 Å². The Kier molecular flexibility index (Phi) is 4.55. The second-order valence-electron chi connectivity index (χ2n) is 6.30. The van der Waals surface area contributed by atoms with Crippen LogP contribution in [0, 0.1) is 13.8 Å². The van der Waals surface area contributed by atoms with E-state index in [1.807, 2.05) is 16.9 Å². The molecule has 1 fully saturated rings. The highest BCUT2D eigenvalue weighted by molar-refractivity contribution is 7.12. The Morgan fingerprint density at radius 2 is 2.17 bits per heavy atom. The molecule has 2 N–H and O–H groups in total. The predicted molar refractivity (Wildman–Crippen MR) is 92.7 cm³/mol. The van der Waals surface area contributed by atoms with Crippen LogP contribution in [0.5, 0.6) is 0 Å². The van der Waals surface area contributed by atoms with Crippen molar-refractivity contribution in [1.82, 2.24) is 20.4 Å². The number of hydrogen-bond acceptors (Lipinski definition) is 4. The van der Waals surface area contributed by atoms with Crippen LogP contribution in [0.2, 0.25) is 0 Å². The molecule has 1 unspecified atom stereocenters. The lowest BCUT2D eigenvalue weighted by Crippen LogP contribution is -2.55. The number of rotatable bonds is 4. The first-order valence-electron chi connectivity index (χ1n) is 8.12. The van der Waals surface area contributed by atoms with Crippen LogP contribution in [0.3, 0.4) is 0 Å². The Balaban J connectivity index is 1.83. The Morgan fingerprint density at radius 3 is 2.74 bits per heavy atom. The minimum absolute atomic E-state index is 0.00905. The van der Waals surface area contributed by atoms with Gasteiger partial charge in [0.1, 0.15) is 5.54 Å². The molecule has 2 aromatic heterocycles. The fourth-order valence-corrected chi connectivity index (χ4v) is 4.43. The molecule has 1 aliphatic rings. The summed E-state index contributed by atoms with van der Waals surface area (Å²) in [5.41, 5.74) is 0.632. The average molecular weight is 332 g/mol. The average Bonchev–Trinajstić information content (AvgIpc) is 3.17. The van der Waals surface area contributed by atoms with Gasteiger partial charge in [0.25, 0.3) is 0 Å². The minimum atomic E-state index is -0.581. The molecule has 0 aliphatic carbocycles. The van der Waals surface area contributed by atoms with Gasteiger partial charge in [0.05, 0.1) is 6.04 Å². The highest BCUT2D eigenvalue weighted by atomic mass is 32.1. The SMILES string of the molecule is Cc1cc(C(C)NC(=O)C2(n3cccn3)CCNCC2)c(C)s1. The number of aryl methyl sites for hydroxylation is 2. The summed E-state index contributed by atoms with van der Waals surface area (Å²) in [6, 6.07) is 4.07. The molecule has 5 nitrogen and oxygen atoms in total. The van der Waals surface area contributed by atoms with Crippen LogP contribution in [0.4, 0.5) is 0 Å². The van der Waals surface area contributed by atoms with E-state index in [1.165, 1.54) is 15.3 Å². The smallest absolute Gasteiger partial charge is 0.248 e. The van der Waals surface area contributed by atoms with Gasteiger partial charge < -0.3 is 10.6 Å². The van der Waals surface area contributed by atoms with Crippen molar-refractivity contribution in [2.75, 3.05) is 13.1 Å². The number of nitrogens with zero attached hydrogens (tertiary/aromatic N) is 2. The van der Waals surface area contributed by atoms with Crippen molar-refractivity contribution in [3.8, 4) is 0 Å². The normalized spacial score (nSPS) is 18.6. The lowest BCUT2D eigenvalue weighted by atomic mass is 9.87. The highest BCUT2D eigenvalue weighted by Crippen LogP contribution is 2.30. The largest absolute Gasteiger partial charge is 0.347 e. The Morgan fingerprint density at radius 1 is 1.43 bits per heavy atom. The van der Waals surface area contributed by atoms with E-state index in [0.29, 0.717) is 0 Å². The number of piperidine rings is 1. The van der Waals surface area contributed by atoms with Gasteiger partial charge in [0.2, 0.25) is 5.91 Å². The zero-order valence-corrected chi connectivity index (χ0v) is 14.7. The van der Waals surface area contributed by atoms with Crippen molar-refractivity contribution in [2.24, 2.45) is 0 Å². The first kappa shape index (κ1) is 16.2. The summed E-state index contributed by atoms with van der Waals surface area (Å²) in [6.45, 7) is 7.94. The fourth-order valence-electron chi connectivity index (χ4n) is 3.41. The molecule has 0 saturated carbocycles. The van der Waals surface area contributed by atoms with Crippen LogP contribution >= 0.6 is 11.3 Å². The fraction of sp³-hybridized carbons (Fsp3) is 0.529. The second kappa shape index (κ2) is 6.45. The topological polar surface area (TPSA) is 59.0 Å². The minimum Gasteiger partial charge on any atom is -0.347 e. The third-order valence-corrected chi connectivity index (χ3v) is 5.67. The van der Waals surface area contributed by atoms with Crippen molar-refractivity contribution in [3.05, 3.63) is 39.8 Å². The molecule has 2 aromatic rings. The maximum Gasteiger partial charge on any atom is 0.248 e. The number of thiophene rings is 1. The first-order valence-corrected chi connectivity index (χ1v) is 8.93. The predicted octanol–water partition coefficient (Wildman–Crippen LogP) is 2.52. The van der Waals surface area contributed by atoms with Gasteiger partial charge in [-0.15, -0.1) is 11.3 Å². The summed E-state index contributed by atoms with van der Waals surface area (Å²) in [6.07, 6.45) is 5.16. The molecule has 6 heteroatoms. The Labute approximate surface area is 141 Å². The molecule has 124 valence electrons. The van der Waals surface area contributed by atoms with E-state index < -0.39 is 5.54 Å². The van der Waals surface area contributed by atoms with Crippen LogP contribution in [0.25, 0.3) is 0 Å². The van der Waals surface area contributed by atoms with Crippen molar-refractivity contribution >= 4 is 17.2 Å². The maximum atomic E-state index is 13.1. The summed E-state index contributed by atoms with van der Waals surface area (Å²) in [5, 5.41) is 10.9. The summed E-state index contributed by atoms with van der Waals surface area (Å²) in [4.78, 5) is 15.7. The summed E-state index contributed by atoms with van der Waals surface area (Å²) < 4.78 is 1.83. The number of carbonyl (C=O) groups excluding carboxylic acids is 1. The van der Waals surface area contributed by atoms with E-state index in [1.54, 1.807) is 17.5 Å². The third-order valence-electron chi connectivity index (χ3n) is 4.69. The molecule has 1 saturated heterocycles. The maximum absolute atomic E-state index is 13.1. The second-order valence-corrected chi connectivity index (χ2v) is 7.76. The van der Waals surface area contributed by atoms with E-state index in [4.69, 9.17) is 0 Å². The van der Waals surface area contributed by atoms with Crippen LogP contribution < -0.4 is 10.6 Å². The zero-order chi connectivity index (χ0) is 16.4. The molecule has 0 aromatic carbocycles. The molecule has 3 heterocycles. The van der Waals surface area contributed by atoms with E-state index in [2.05, 4.69) is 42.6 Å². The number of carbonyl (C=O) groups is 1. The molecule has 1 atom stereocenters.